The van der Waals surface area contributed by atoms with Gasteiger partial charge in [0.25, 0.3) is 0 Å². The molecular weight excluding hydrogens is 292 g/mol. The van der Waals surface area contributed by atoms with Gasteiger partial charge in [-0.1, -0.05) is 48.6 Å². The molecule has 0 bridgehead atoms. The molecule has 0 spiro atoms. The number of nitrogens with one attached hydrogen (secondary N) is 1. The molecule has 2 aromatic rings. The van der Waals surface area contributed by atoms with E-state index in [-0.39, 0.29) is 0 Å². The Morgan fingerprint density at radius 1 is 1.08 bits per heavy atom. The van der Waals surface area contributed by atoms with Gasteiger partial charge < -0.3 is 5.32 Å². The number of anilines is 1. The summed E-state index contributed by atoms with van der Waals surface area (Å²) >= 11 is 0. The number of aryl methyl sites for hydroxylation is 2. The lowest BCUT2D eigenvalue weighted by atomic mass is 9.91. The highest BCUT2D eigenvalue weighted by molar-refractivity contribution is 5.57. The van der Waals surface area contributed by atoms with Crippen LogP contribution in [0.15, 0.2) is 84.4 Å². The summed E-state index contributed by atoms with van der Waals surface area (Å²) in [6, 6.07) is 12.8. The summed E-state index contributed by atoms with van der Waals surface area (Å²) < 4.78 is 0. The van der Waals surface area contributed by atoms with Gasteiger partial charge in [0, 0.05) is 11.9 Å². The Morgan fingerprint density at radius 3 is 2.62 bits per heavy atom. The van der Waals surface area contributed by atoms with Crippen molar-refractivity contribution in [2.45, 2.75) is 32.6 Å². The van der Waals surface area contributed by atoms with Crippen LogP contribution < -0.4 is 5.32 Å². The Labute approximate surface area is 144 Å². The van der Waals surface area contributed by atoms with Crippen LogP contribution in [0.1, 0.15) is 30.4 Å². The number of hydrogen-bond donors (Lipinski definition) is 1. The third kappa shape index (κ3) is 4.23. The van der Waals surface area contributed by atoms with Gasteiger partial charge in [0.1, 0.15) is 0 Å². The van der Waals surface area contributed by atoms with Crippen LogP contribution in [0.3, 0.4) is 0 Å². The number of hydrogen-bond acceptors (Lipinski definition) is 2. The highest BCUT2D eigenvalue weighted by Crippen LogP contribution is 2.28. The Morgan fingerprint density at radius 2 is 1.88 bits per heavy atom. The molecule has 122 valence electrons. The normalized spacial score (nSPS) is 13.9. The Bertz CT molecular complexity index is 752. The highest BCUT2D eigenvalue weighted by Gasteiger charge is 2.12. The van der Waals surface area contributed by atoms with Crippen LogP contribution in [0.4, 0.5) is 5.69 Å². The first-order valence-corrected chi connectivity index (χ1v) is 8.54. The average Bonchev–Trinajstić information content (AvgIpc) is 2.62. The van der Waals surface area contributed by atoms with Crippen LogP contribution in [0, 0.1) is 6.92 Å². The lowest BCUT2D eigenvalue weighted by Crippen LogP contribution is -2.07. The first kappa shape index (κ1) is 16.3. The minimum Gasteiger partial charge on any atom is -0.354 e. The summed E-state index contributed by atoms with van der Waals surface area (Å²) in [5, 5.41) is 3.38. The zero-order valence-electron chi connectivity index (χ0n) is 14.3. The number of allylic oxidation sites excluding steroid dienone is 3. The zero-order valence-corrected chi connectivity index (χ0v) is 14.3. The fourth-order valence-electron chi connectivity index (χ4n) is 2.99. The molecule has 0 amide bonds. The van der Waals surface area contributed by atoms with Gasteiger partial charge in [-0.25, -0.2) is 0 Å². The summed E-state index contributed by atoms with van der Waals surface area (Å²) in [5.74, 6) is 0. The van der Waals surface area contributed by atoms with Gasteiger partial charge >= 0.3 is 0 Å². The van der Waals surface area contributed by atoms with Crippen molar-refractivity contribution >= 4 is 5.69 Å². The van der Waals surface area contributed by atoms with Crippen molar-refractivity contribution in [1.29, 1.82) is 0 Å². The molecular formula is C22H24N2. The van der Waals surface area contributed by atoms with Crippen LogP contribution in [0.2, 0.25) is 0 Å². The third-order valence-electron chi connectivity index (χ3n) is 4.34. The molecule has 0 saturated carbocycles. The largest absolute Gasteiger partial charge is 0.354 e. The number of aromatic nitrogens is 1. The van der Waals surface area contributed by atoms with Crippen molar-refractivity contribution in [2.24, 2.45) is 0 Å². The van der Waals surface area contributed by atoms with Gasteiger partial charge in [-0.2, -0.15) is 0 Å². The zero-order chi connectivity index (χ0) is 16.8. The predicted molar refractivity (Wildman–Crippen MR) is 102 cm³/mol. The molecule has 2 heteroatoms. The lowest BCUT2D eigenvalue weighted by Gasteiger charge is -2.20. The number of benzene rings is 1. The maximum atomic E-state index is 4.24. The van der Waals surface area contributed by atoms with E-state index in [0.29, 0.717) is 0 Å². The molecule has 1 heterocycles. The molecule has 0 unspecified atom stereocenters. The molecule has 1 aromatic heterocycles. The van der Waals surface area contributed by atoms with E-state index in [9.17, 15) is 0 Å². The molecule has 2 nitrogen and oxygen atoms in total. The molecule has 1 N–H and O–H groups in total. The minimum atomic E-state index is 0.956. The van der Waals surface area contributed by atoms with Crippen LogP contribution in [0.5, 0.6) is 0 Å². The van der Waals surface area contributed by atoms with E-state index in [1.807, 2.05) is 18.3 Å². The van der Waals surface area contributed by atoms with E-state index in [1.54, 1.807) is 6.20 Å². The van der Waals surface area contributed by atoms with Gasteiger partial charge in [-0.3, -0.25) is 4.98 Å². The minimum absolute atomic E-state index is 0.956. The fourth-order valence-corrected chi connectivity index (χ4v) is 2.99. The van der Waals surface area contributed by atoms with Gasteiger partial charge in [0.05, 0.1) is 11.9 Å². The van der Waals surface area contributed by atoms with Gasteiger partial charge in [-0.15, -0.1) is 0 Å². The van der Waals surface area contributed by atoms with Gasteiger partial charge in [-0.05, 0) is 61.4 Å². The standard InChI is InChI=1S/C22H24N2/c1-17-9-11-19(12-10-17)13-14-20-6-3-4-8-22(20)18(2)24-21-7-5-15-23-16-21/h5-12,15-16,24H,2-4,13-14H2,1H3. The van der Waals surface area contributed by atoms with Crippen LogP contribution in [0.25, 0.3) is 0 Å². The molecule has 1 aromatic carbocycles. The maximum Gasteiger partial charge on any atom is 0.0570 e. The van der Waals surface area contributed by atoms with Gasteiger partial charge in [0.15, 0.2) is 0 Å². The van der Waals surface area contributed by atoms with Crippen molar-refractivity contribution in [3.63, 3.8) is 0 Å². The van der Waals surface area contributed by atoms with Crippen LogP contribution >= 0.6 is 0 Å². The molecule has 0 atom stereocenters. The number of pyridine rings is 1. The second-order valence-corrected chi connectivity index (χ2v) is 6.26. The van der Waals surface area contributed by atoms with Crippen LogP contribution in [-0.4, -0.2) is 4.98 Å². The van der Waals surface area contributed by atoms with Crippen LogP contribution in [-0.2, 0) is 6.42 Å². The third-order valence-corrected chi connectivity index (χ3v) is 4.34. The lowest BCUT2D eigenvalue weighted by molar-refractivity contribution is 0.899. The summed E-state index contributed by atoms with van der Waals surface area (Å²) in [7, 11) is 0. The maximum absolute atomic E-state index is 4.24. The Balaban J connectivity index is 1.65. The van der Waals surface area contributed by atoms with E-state index in [0.717, 1.165) is 37.1 Å². The summed E-state index contributed by atoms with van der Waals surface area (Å²) in [5.41, 5.74) is 7.27. The van der Waals surface area contributed by atoms with Crippen molar-refractivity contribution < 1.29 is 0 Å². The molecule has 0 aliphatic heterocycles. The monoisotopic (exact) mass is 316 g/mol. The SMILES string of the molecule is C=C(Nc1cccnc1)C1=CCCC=C1CCc1ccc(C)cc1. The second-order valence-electron chi connectivity index (χ2n) is 6.26. The van der Waals surface area contributed by atoms with E-state index in [4.69, 9.17) is 0 Å². The topological polar surface area (TPSA) is 24.9 Å². The smallest absolute Gasteiger partial charge is 0.0570 e. The van der Waals surface area contributed by atoms with E-state index < -0.39 is 0 Å². The molecule has 0 radical (unpaired) electrons. The van der Waals surface area contributed by atoms with Gasteiger partial charge in [0.2, 0.25) is 0 Å². The predicted octanol–water partition coefficient (Wildman–Crippen LogP) is 5.60. The Hall–Kier alpha value is -2.61. The van der Waals surface area contributed by atoms with E-state index in [1.165, 1.54) is 22.3 Å². The molecule has 1 aliphatic rings. The molecule has 3 rings (SSSR count). The molecule has 0 fully saturated rings. The average molecular weight is 316 g/mol. The number of rotatable bonds is 6. The van der Waals surface area contributed by atoms with Crippen molar-refractivity contribution in [2.75, 3.05) is 5.32 Å². The quantitative estimate of drug-likeness (QED) is 0.751. The van der Waals surface area contributed by atoms with E-state index >= 15 is 0 Å². The molecule has 24 heavy (non-hydrogen) atoms. The first-order chi connectivity index (χ1) is 11.7. The molecule has 1 aliphatic carbocycles. The first-order valence-electron chi connectivity index (χ1n) is 8.54. The van der Waals surface area contributed by atoms with Crippen molar-refractivity contribution in [1.82, 2.24) is 4.98 Å². The second kappa shape index (κ2) is 7.78. The summed E-state index contributed by atoms with van der Waals surface area (Å²) in [4.78, 5) is 4.15. The molecule has 0 saturated heterocycles. The summed E-state index contributed by atoms with van der Waals surface area (Å²) in [6.07, 6.45) is 12.6. The highest BCUT2D eigenvalue weighted by atomic mass is 14.9. The van der Waals surface area contributed by atoms with E-state index in [2.05, 4.69) is 60.2 Å². The fraction of sp³-hybridized carbons (Fsp3) is 0.227. The Kier molecular flexibility index (Phi) is 5.27. The van der Waals surface area contributed by atoms with Crippen molar-refractivity contribution in [3.05, 3.63) is 95.5 Å². The van der Waals surface area contributed by atoms with Crippen molar-refractivity contribution in [3.8, 4) is 0 Å². The number of nitrogens with zero attached hydrogens (tertiary/aromatic N) is 1. The summed E-state index contributed by atoms with van der Waals surface area (Å²) in [6.45, 7) is 6.37.